The Bertz CT molecular complexity index is 584. The second-order valence-electron chi connectivity index (χ2n) is 4.61. The largest absolute Gasteiger partial charge is 0.492 e. The van der Waals surface area contributed by atoms with Crippen molar-refractivity contribution >= 4 is 11.7 Å². The van der Waals surface area contributed by atoms with Crippen LogP contribution in [-0.4, -0.2) is 24.2 Å². The van der Waals surface area contributed by atoms with E-state index >= 15 is 0 Å². The number of benzene rings is 2. The third kappa shape index (κ3) is 3.99. The van der Waals surface area contributed by atoms with Gasteiger partial charge >= 0.3 is 5.97 Å². The molecule has 0 saturated carbocycles. The minimum Gasteiger partial charge on any atom is -0.492 e. The Morgan fingerprint density at radius 3 is 2.48 bits per heavy atom. The first-order chi connectivity index (χ1) is 10.2. The van der Waals surface area contributed by atoms with E-state index in [0.717, 1.165) is 17.0 Å². The van der Waals surface area contributed by atoms with E-state index in [1.807, 2.05) is 61.5 Å². The van der Waals surface area contributed by atoms with Crippen LogP contribution in [0.1, 0.15) is 18.4 Å². The number of carboxylic acid groups (broad SMARTS) is 1. The van der Waals surface area contributed by atoms with Crippen molar-refractivity contribution in [3.05, 3.63) is 60.2 Å². The van der Waals surface area contributed by atoms with Crippen molar-refractivity contribution in [1.29, 1.82) is 0 Å². The molecule has 0 aliphatic heterocycles. The molecule has 2 aromatic carbocycles. The Morgan fingerprint density at radius 1 is 1.14 bits per heavy atom. The zero-order valence-electron chi connectivity index (χ0n) is 12.0. The van der Waals surface area contributed by atoms with Gasteiger partial charge in [0, 0.05) is 6.54 Å². The molecule has 0 fully saturated rings. The molecule has 0 spiro atoms. The first-order valence-electron chi connectivity index (χ1n) is 6.95. The summed E-state index contributed by atoms with van der Waals surface area (Å²) in [6.07, 6.45) is 0. The highest BCUT2D eigenvalue weighted by Crippen LogP contribution is 2.25. The standard InChI is InChI=1S/C17H19NO3/c1-2-21-16-11-7-6-10-15(16)18-12-14(17(19)20)13-8-4-3-5-9-13/h3-11,14,18H,2,12H2,1H3,(H,19,20). The number of rotatable bonds is 7. The Labute approximate surface area is 124 Å². The van der Waals surface area contributed by atoms with Crippen molar-refractivity contribution < 1.29 is 14.6 Å². The van der Waals surface area contributed by atoms with E-state index < -0.39 is 11.9 Å². The molecule has 2 rings (SSSR count). The fourth-order valence-corrected chi connectivity index (χ4v) is 2.14. The molecule has 0 bridgehead atoms. The number of nitrogens with one attached hydrogen (secondary N) is 1. The first-order valence-corrected chi connectivity index (χ1v) is 6.95. The second-order valence-corrected chi connectivity index (χ2v) is 4.61. The zero-order chi connectivity index (χ0) is 15.1. The molecular formula is C17H19NO3. The Morgan fingerprint density at radius 2 is 1.81 bits per heavy atom. The highest BCUT2D eigenvalue weighted by atomic mass is 16.5. The van der Waals surface area contributed by atoms with Crippen LogP contribution < -0.4 is 10.1 Å². The fourth-order valence-electron chi connectivity index (χ4n) is 2.14. The summed E-state index contributed by atoms with van der Waals surface area (Å²) in [4.78, 5) is 11.5. The van der Waals surface area contributed by atoms with E-state index in [2.05, 4.69) is 5.32 Å². The molecule has 0 aromatic heterocycles. The number of hydrogen-bond donors (Lipinski definition) is 2. The van der Waals surface area contributed by atoms with Crippen molar-refractivity contribution in [2.24, 2.45) is 0 Å². The molecule has 0 amide bonds. The molecule has 21 heavy (non-hydrogen) atoms. The number of anilines is 1. The van der Waals surface area contributed by atoms with Gasteiger partial charge in [0.05, 0.1) is 18.2 Å². The molecule has 2 N–H and O–H groups in total. The predicted octanol–water partition coefficient (Wildman–Crippen LogP) is 3.37. The number of ether oxygens (including phenoxy) is 1. The second kappa shape index (κ2) is 7.33. The van der Waals surface area contributed by atoms with Gasteiger partial charge in [-0.15, -0.1) is 0 Å². The van der Waals surface area contributed by atoms with Crippen LogP contribution in [0.3, 0.4) is 0 Å². The van der Waals surface area contributed by atoms with Gasteiger partial charge in [0.2, 0.25) is 0 Å². The molecule has 0 saturated heterocycles. The van der Waals surface area contributed by atoms with Crippen LogP contribution in [0.5, 0.6) is 5.75 Å². The quantitative estimate of drug-likeness (QED) is 0.819. The number of carbonyl (C=O) groups is 1. The first kappa shape index (κ1) is 14.9. The summed E-state index contributed by atoms with van der Waals surface area (Å²) in [7, 11) is 0. The number of aliphatic carboxylic acids is 1. The molecule has 110 valence electrons. The smallest absolute Gasteiger partial charge is 0.312 e. The van der Waals surface area contributed by atoms with Crippen molar-refractivity contribution in [2.45, 2.75) is 12.8 Å². The number of para-hydroxylation sites is 2. The molecule has 0 heterocycles. The minimum atomic E-state index is -0.845. The van der Waals surface area contributed by atoms with Gasteiger partial charge in [0.25, 0.3) is 0 Å². The summed E-state index contributed by atoms with van der Waals surface area (Å²) in [6.45, 7) is 2.80. The van der Waals surface area contributed by atoms with Gasteiger partial charge < -0.3 is 15.2 Å². The molecule has 1 unspecified atom stereocenters. The molecule has 0 radical (unpaired) electrons. The van der Waals surface area contributed by atoms with Gasteiger partial charge in [-0.25, -0.2) is 0 Å². The van der Waals surface area contributed by atoms with E-state index in [1.165, 1.54) is 0 Å². The topological polar surface area (TPSA) is 58.6 Å². The third-order valence-electron chi connectivity index (χ3n) is 3.18. The summed E-state index contributed by atoms with van der Waals surface area (Å²) in [6, 6.07) is 16.8. The lowest BCUT2D eigenvalue weighted by Crippen LogP contribution is -2.21. The maximum absolute atomic E-state index is 11.5. The Balaban J connectivity index is 2.11. The van der Waals surface area contributed by atoms with Crippen molar-refractivity contribution in [3.63, 3.8) is 0 Å². The monoisotopic (exact) mass is 285 g/mol. The molecule has 4 heteroatoms. The molecular weight excluding hydrogens is 266 g/mol. The highest BCUT2D eigenvalue weighted by molar-refractivity contribution is 5.77. The Kier molecular flexibility index (Phi) is 5.21. The van der Waals surface area contributed by atoms with E-state index in [0.29, 0.717) is 13.2 Å². The van der Waals surface area contributed by atoms with Crippen LogP contribution in [0.4, 0.5) is 5.69 Å². The maximum atomic E-state index is 11.5. The third-order valence-corrected chi connectivity index (χ3v) is 3.18. The van der Waals surface area contributed by atoms with Gasteiger partial charge in [-0.3, -0.25) is 4.79 Å². The summed E-state index contributed by atoms with van der Waals surface area (Å²) in [5.74, 6) is -0.708. The van der Waals surface area contributed by atoms with E-state index in [9.17, 15) is 9.90 Å². The average molecular weight is 285 g/mol. The van der Waals surface area contributed by atoms with Crippen molar-refractivity contribution in [3.8, 4) is 5.75 Å². The number of hydrogen-bond acceptors (Lipinski definition) is 3. The lowest BCUT2D eigenvalue weighted by molar-refractivity contribution is -0.138. The highest BCUT2D eigenvalue weighted by Gasteiger charge is 2.19. The summed E-state index contributed by atoms with van der Waals surface area (Å²) >= 11 is 0. The lowest BCUT2D eigenvalue weighted by atomic mass is 9.99. The van der Waals surface area contributed by atoms with Gasteiger partial charge in [-0.05, 0) is 24.6 Å². The van der Waals surface area contributed by atoms with Gasteiger partial charge in [-0.2, -0.15) is 0 Å². The van der Waals surface area contributed by atoms with Crippen LogP contribution in [0.25, 0.3) is 0 Å². The van der Waals surface area contributed by atoms with Crippen LogP contribution in [0.2, 0.25) is 0 Å². The normalized spacial score (nSPS) is 11.7. The summed E-state index contributed by atoms with van der Waals surface area (Å²) in [5.41, 5.74) is 1.59. The van der Waals surface area contributed by atoms with Crippen LogP contribution in [-0.2, 0) is 4.79 Å². The minimum absolute atomic E-state index is 0.309. The molecule has 0 aliphatic carbocycles. The summed E-state index contributed by atoms with van der Waals surface area (Å²) < 4.78 is 5.53. The van der Waals surface area contributed by atoms with Gasteiger partial charge in [0.15, 0.2) is 0 Å². The maximum Gasteiger partial charge on any atom is 0.312 e. The molecule has 0 aliphatic rings. The Hall–Kier alpha value is -2.49. The van der Waals surface area contributed by atoms with E-state index in [1.54, 1.807) is 0 Å². The van der Waals surface area contributed by atoms with Crippen LogP contribution in [0, 0.1) is 0 Å². The molecule has 2 aromatic rings. The SMILES string of the molecule is CCOc1ccccc1NCC(C(=O)O)c1ccccc1. The average Bonchev–Trinajstić information content (AvgIpc) is 2.50. The predicted molar refractivity (Wildman–Crippen MR) is 82.9 cm³/mol. The number of carboxylic acids is 1. The van der Waals surface area contributed by atoms with Gasteiger partial charge in [0.1, 0.15) is 5.75 Å². The van der Waals surface area contributed by atoms with Crippen LogP contribution >= 0.6 is 0 Å². The lowest BCUT2D eigenvalue weighted by Gasteiger charge is -2.16. The molecule has 1 atom stereocenters. The summed E-state index contributed by atoms with van der Waals surface area (Å²) in [5, 5.41) is 12.6. The fraction of sp³-hybridized carbons (Fsp3) is 0.235. The van der Waals surface area contributed by atoms with Gasteiger partial charge in [-0.1, -0.05) is 42.5 Å². The van der Waals surface area contributed by atoms with Crippen molar-refractivity contribution in [2.75, 3.05) is 18.5 Å². The van der Waals surface area contributed by atoms with E-state index in [-0.39, 0.29) is 0 Å². The van der Waals surface area contributed by atoms with Crippen LogP contribution in [0.15, 0.2) is 54.6 Å². The van der Waals surface area contributed by atoms with E-state index in [4.69, 9.17) is 4.74 Å². The molecule has 4 nitrogen and oxygen atoms in total. The zero-order valence-corrected chi connectivity index (χ0v) is 12.0. The van der Waals surface area contributed by atoms with Crippen molar-refractivity contribution in [1.82, 2.24) is 0 Å².